The van der Waals surface area contributed by atoms with E-state index in [1.54, 1.807) is 0 Å². The van der Waals surface area contributed by atoms with Gasteiger partial charge in [-0.2, -0.15) is 0 Å². The number of hydrogen-bond donors (Lipinski definition) is 1. The summed E-state index contributed by atoms with van der Waals surface area (Å²) in [5.74, 6) is 0.336. The third-order valence-corrected chi connectivity index (χ3v) is 2.89. The molecule has 0 amide bonds. The third-order valence-electron chi connectivity index (χ3n) is 2.89. The minimum Gasteiger partial charge on any atom is -0.504 e. The first-order valence-corrected chi connectivity index (χ1v) is 5.66. The number of rotatable bonds is 3. The topological polar surface area (TPSA) is 30.0 Å². The number of anilines is 3. The van der Waals surface area contributed by atoms with E-state index < -0.39 is 0 Å². The van der Waals surface area contributed by atoms with Crippen LogP contribution in [0.25, 0.3) is 0 Å². The summed E-state index contributed by atoms with van der Waals surface area (Å²) in [6.07, 6.45) is 0. The van der Waals surface area contributed by atoms with Crippen LogP contribution in [0.15, 0.2) is 6.07 Å². The maximum absolute atomic E-state index is 10.3. The van der Waals surface area contributed by atoms with Crippen LogP contribution in [0.5, 0.6) is 5.75 Å². The Labute approximate surface area is 104 Å². The van der Waals surface area contributed by atoms with E-state index in [1.807, 2.05) is 65.1 Å². The fraction of sp³-hybridized carbons (Fsp3) is 0.538. The predicted molar refractivity (Wildman–Crippen MR) is 75.8 cm³/mol. The minimum atomic E-state index is 0.336. The van der Waals surface area contributed by atoms with Crippen LogP contribution in [0.4, 0.5) is 17.1 Å². The lowest BCUT2D eigenvalue weighted by Crippen LogP contribution is -2.18. The zero-order chi connectivity index (χ0) is 13.3. The highest BCUT2D eigenvalue weighted by Crippen LogP contribution is 2.43. The monoisotopic (exact) mass is 237 g/mol. The predicted octanol–water partition coefficient (Wildman–Crippen LogP) is 1.90. The van der Waals surface area contributed by atoms with E-state index >= 15 is 0 Å². The third kappa shape index (κ3) is 2.40. The van der Waals surface area contributed by atoms with Gasteiger partial charge in [0, 0.05) is 48.0 Å². The van der Waals surface area contributed by atoms with E-state index in [0.717, 1.165) is 22.6 Å². The van der Waals surface area contributed by atoms with Gasteiger partial charge in [0.05, 0.1) is 11.4 Å². The molecule has 1 N–H and O–H groups in total. The van der Waals surface area contributed by atoms with Gasteiger partial charge in [0.2, 0.25) is 0 Å². The molecule has 0 atom stereocenters. The summed E-state index contributed by atoms with van der Waals surface area (Å²) in [5.41, 5.74) is 3.92. The van der Waals surface area contributed by atoms with Crippen molar-refractivity contribution in [2.24, 2.45) is 0 Å². The maximum Gasteiger partial charge on any atom is 0.162 e. The molecule has 0 fully saturated rings. The number of benzene rings is 1. The highest BCUT2D eigenvalue weighted by Gasteiger charge is 2.18. The standard InChI is InChI=1S/C13H23N3O/c1-9-10(14(2)3)8-11(15(4)5)13(17)12(9)16(6)7/h8,17H,1-7H3. The van der Waals surface area contributed by atoms with Crippen molar-refractivity contribution >= 4 is 17.1 Å². The molecule has 0 aliphatic rings. The van der Waals surface area contributed by atoms with Gasteiger partial charge in [0.25, 0.3) is 0 Å². The molecule has 4 heteroatoms. The van der Waals surface area contributed by atoms with Crippen LogP contribution < -0.4 is 14.7 Å². The molecule has 0 radical (unpaired) electrons. The van der Waals surface area contributed by atoms with Gasteiger partial charge in [-0.1, -0.05) is 0 Å². The summed E-state index contributed by atoms with van der Waals surface area (Å²) in [4.78, 5) is 5.94. The molecule has 1 aromatic rings. The summed E-state index contributed by atoms with van der Waals surface area (Å²) in [7, 11) is 11.8. The van der Waals surface area contributed by atoms with Crippen molar-refractivity contribution in [2.75, 3.05) is 57.0 Å². The Morgan fingerprint density at radius 3 is 1.65 bits per heavy atom. The van der Waals surface area contributed by atoms with Gasteiger partial charge in [0.1, 0.15) is 0 Å². The van der Waals surface area contributed by atoms with E-state index in [0.29, 0.717) is 5.75 Å². The van der Waals surface area contributed by atoms with Crippen LogP contribution in [-0.4, -0.2) is 47.4 Å². The van der Waals surface area contributed by atoms with Crippen LogP contribution in [0.3, 0.4) is 0 Å². The second-order valence-corrected chi connectivity index (χ2v) is 4.92. The van der Waals surface area contributed by atoms with E-state index in [9.17, 15) is 5.11 Å². The Balaban J connectivity index is 3.58. The number of phenols is 1. The first-order valence-electron chi connectivity index (χ1n) is 5.66. The number of aromatic hydroxyl groups is 1. The molecule has 0 heterocycles. The van der Waals surface area contributed by atoms with Gasteiger partial charge in [-0.25, -0.2) is 0 Å². The molecule has 0 aliphatic heterocycles. The minimum absolute atomic E-state index is 0.336. The van der Waals surface area contributed by atoms with Gasteiger partial charge in [0.15, 0.2) is 5.75 Å². The van der Waals surface area contributed by atoms with E-state index in [2.05, 4.69) is 4.90 Å². The van der Waals surface area contributed by atoms with Crippen LogP contribution in [0.2, 0.25) is 0 Å². The molecule has 1 rings (SSSR count). The molecule has 4 nitrogen and oxygen atoms in total. The van der Waals surface area contributed by atoms with Crippen molar-refractivity contribution in [3.63, 3.8) is 0 Å². The molecule has 1 aromatic carbocycles. The van der Waals surface area contributed by atoms with Gasteiger partial charge in [-0.15, -0.1) is 0 Å². The Hall–Kier alpha value is -1.58. The molecule has 0 unspecified atom stereocenters. The second-order valence-electron chi connectivity index (χ2n) is 4.92. The fourth-order valence-electron chi connectivity index (χ4n) is 2.08. The first kappa shape index (κ1) is 13.5. The highest BCUT2D eigenvalue weighted by atomic mass is 16.3. The molecule has 0 bridgehead atoms. The van der Waals surface area contributed by atoms with Crippen molar-refractivity contribution in [3.8, 4) is 5.75 Å². The van der Waals surface area contributed by atoms with E-state index in [-0.39, 0.29) is 0 Å². The summed E-state index contributed by atoms with van der Waals surface area (Å²) in [5, 5.41) is 10.3. The molecule has 0 aromatic heterocycles. The molecule has 0 saturated heterocycles. The molecule has 0 saturated carbocycles. The van der Waals surface area contributed by atoms with Crippen LogP contribution in [0.1, 0.15) is 5.56 Å². The van der Waals surface area contributed by atoms with Crippen molar-refractivity contribution in [1.29, 1.82) is 0 Å². The molecule has 17 heavy (non-hydrogen) atoms. The summed E-state index contributed by atoms with van der Waals surface area (Å²) >= 11 is 0. The quantitative estimate of drug-likeness (QED) is 0.869. The van der Waals surface area contributed by atoms with Crippen molar-refractivity contribution in [1.82, 2.24) is 0 Å². The Kier molecular flexibility index (Phi) is 3.76. The Bertz CT molecular complexity index is 379. The maximum atomic E-state index is 10.3. The number of phenolic OH excluding ortho intramolecular Hbond substituents is 1. The molecule has 96 valence electrons. The van der Waals surface area contributed by atoms with E-state index in [4.69, 9.17) is 0 Å². The average Bonchev–Trinajstić information content (AvgIpc) is 2.15. The summed E-state index contributed by atoms with van der Waals surface area (Å²) < 4.78 is 0. The number of hydrogen-bond acceptors (Lipinski definition) is 4. The lowest BCUT2D eigenvalue weighted by molar-refractivity contribution is 0.475. The van der Waals surface area contributed by atoms with Crippen molar-refractivity contribution < 1.29 is 5.11 Å². The largest absolute Gasteiger partial charge is 0.504 e. The summed E-state index contributed by atoms with van der Waals surface area (Å²) in [6.45, 7) is 2.03. The second kappa shape index (κ2) is 4.73. The van der Waals surface area contributed by atoms with E-state index in [1.165, 1.54) is 0 Å². The lowest BCUT2D eigenvalue weighted by atomic mass is 10.1. The SMILES string of the molecule is Cc1c(N(C)C)cc(N(C)C)c(O)c1N(C)C. The average molecular weight is 237 g/mol. The van der Waals surface area contributed by atoms with Gasteiger partial charge in [-0.3, -0.25) is 0 Å². The van der Waals surface area contributed by atoms with Gasteiger partial charge < -0.3 is 19.8 Å². The molecule has 0 spiro atoms. The molecular formula is C13H23N3O. The van der Waals surface area contributed by atoms with Crippen LogP contribution in [-0.2, 0) is 0 Å². The van der Waals surface area contributed by atoms with Crippen molar-refractivity contribution in [2.45, 2.75) is 6.92 Å². The summed E-state index contributed by atoms with van der Waals surface area (Å²) in [6, 6.07) is 2.01. The van der Waals surface area contributed by atoms with Crippen molar-refractivity contribution in [3.05, 3.63) is 11.6 Å². The first-order chi connectivity index (χ1) is 7.77. The highest BCUT2D eigenvalue weighted by molar-refractivity contribution is 5.82. The van der Waals surface area contributed by atoms with Gasteiger partial charge in [-0.05, 0) is 18.6 Å². The zero-order valence-electron chi connectivity index (χ0n) is 11.9. The van der Waals surface area contributed by atoms with Crippen LogP contribution >= 0.6 is 0 Å². The smallest absolute Gasteiger partial charge is 0.162 e. The van der Waals surface area contributed by atoms with Gasteiger partial charge >= 0.3 is 0 Å². The molecular weight excluding hydrogens is 214 g/mol. The number of nitrogens with zero attached hydrogens (tertiary/aromatic N) is 3. The zero-order valence-corrected chi connectivity index (χ0v) is 11.9. The lowest BCUT2D eigenvalue weighted by Gasteiger charge is -2.27. The fourth-order valence-corrected chi connectivity index (χ4v) is 2.08. The molecule has 0 aliphatic carbocycles. The Morgan fingerprint density at radius 1 is 0.824 bits per heavy atom. The van der Waals surface area contributed by atoms with Crippen LogP contribution in [0, 0.1) is 6.92 Å². The Morgan fingerprint density at radius 2 is 1.29 bits per heavy atom. The normalized spacial score (nSPS) is 10.3.